The van der Waals surface area contributed by atoms with E-state index in [1.807, 2.05) is 30.5 Å². The van der Waals surface area contributed by atoms with Crippen LogP contribution in [0, 0.1) is 5.82 Å². The maximum Gasteiger partial charge on any atom is 0.152 e. The quantitative estimate of drug-likeness (QED) is 0.270. The van der Waals surface area contributed by atoms with E-state index in [0.717, 1.165) is 51.2 Å². The molecular formula is C22H16Cl2FN5S. The van der Waals surface area contributed by atoms with Gasteiger partial charge in [0, 0.05) is 35.6 Å². The summed E-state index contributed by atoms with van der Waals surface area (Å²) in [5.74, 6) is 0.361. The van der Waals surface area contributed by atoms with Crippen LogP contribution < -0.4 is 9.62 Å². The molecule has 1 aliphatic heterocycles. The summed E-state index contributed by atoms with van der Waals surface area (Å²) >= 11 is 13.7. The molecule has 0 fully saturated rings. The van der Waals surface area contributed by atoms with E-state index in [1.165, 1.54) is 18.0 Å². The lowest BCUT2D eigenvalue weighted by molar-refractivity contribution is 0.627. The molecule has 0 radical (unpaired) electrons. The lowest BCUT2D eigenvalue weighted by atomic mass is 10.0. The Kier molecular flexibility index (Phi) is 5.33. The number of halogens is 3. The highest BCUT2D eigenvalue weighted by Gasteiger charge is 2.25. The van der Waals surface area contributed by atoms with Crippen LogP contribution in [0.2, 0.25) is 10.2 Å². The standard InChI is InChI=1S/C22H16Cl2FN5S/c1-31-29-19-8-14(10-26-21(19)24)12-2-3-18-15(6-12)22(28-11-27-18)30-5-4-13-7-17(25)16(23)9-20(13)30/h2-3,6-11,29H,4-5H2,1H3. The van der Waals surface area contributed by atoms with E-state index in [1.54, 1.807) is 18.6 Å². The molecule has 5 nitrogen and oxygen atoms in total. The number of hydrogen-bond donors (Lipinski definition) is 1. The van der Waals surface area contributed by atoms with Gasteiger partial charge in [0.15, 0.2) is 5.15 Å². The van der Waals surface area contributed by atoms with Crippen molar-refractivity contribution in [1.29, 1.82) is 0 Å². The summed E-state index contributed by atoms with van der Waals surface area (Å²) in [7, 11) is 0. The molecule has 0 saturated heterocycles. The van der Waals surface area contributed by atoms with E-state index < -0.39 is 5.82 Å². The predicted molar refractivity (Wildman–Crippen MR) is 127 cm³/mol. The van der Waals surface area contributed by atoms with E-state index in [9.17, 15) is 4.39 Å². The van der Waals surface area contributed by atoms with E-state index in [0.29, 0.717) is 11.7 Å². The maximum absolute atomic E-state index is 13.9. The third-order valence-electron chi connectivity index (χ3n) is 5.27. The fraction of sp³-hybridized carbons (Fsp3) is 0.136. The fourth-order valence-corrected chi connectivity index (χ4v) is 4.57. The molecule has 0 atom stereocenters. The molecule has 0 spiro atoms. The molecule has 1 aliphatic rings. The lowest BCUT2D eigenvalue weighted by Crippen LogP contribution is -2.15. The largest absolute Gasteiger partial charge is 0.327 e. The molecule has 1 N–H and O–H groups in total. The molecule has 0 amide bonds. The Morgan fingerprint density at radius 1 is 1.06 bits per heavy atom. The molecule has 2 aromatic carbocycles. The summed E-state index contributed by atoms with van der Waals surface area (Å²) in [6, 6.07) is 11.1. The highest BCUT2D eigenvalue weighted by atomic mass is 35.5. The smallest absolute Gasteiger partial charge is 0.152 e. The first kappa shape index (κ1) is 20.3. The Bertz CT molecular complexity index is 1320. The minimum atomic E-state index is -0.401. The highest BCUT2D eigenvalue weighted by molar-refractivity contribution is 7.99. The van der Waals surface area contributed by atoms with Crippen molar-refractivity contribution in [1.82, 2.24) is 15.0 Å². The predicted octanol–water partition coefficient (Wildman–Crippen LogP) is 6.52. The van der Waals surface area contributed by atoms with Crippen molar-refractivity contribution in [3.8, 4) is 11.1 Å². The van der Waals surface area contributed by atoms with Crippen molar-refractivity contribution in [3.05, 3.63) is 70.5 Å². The van der Waals surface area contributed by atoms with Crippen LogP contribution in [0.5, 0.6) is 0 Å². The van der Waals surface area contributed by atoms with Gasteiger partial charge >= 0.3 is 0 Å². The normalized spacial score (nSPS) is 13.0. The SMILES string of the molecule is CSNc1cc(-c2ccc3ncnc(N4CCc5cc(F)c(Cl)cc54)c3c2)cnc1Cl. The van der Waals surface area contributed by atoms with Crippen LogP contribution in [0.25, 0.3) is 22.0 Å². The third-order valence-corrected chi connectivity index (χ3v) is 6.29. The second-order valence-corrected chi connectivity index (χ2v) is 8.47. The number of benzene rings is 2. The zero-order valence-corrected chi connectivity index (χ0v) is 18.7. The number of hydrogen-bond acceptors (Lipinski definition) is 6. The van der Waals surface area contributed by atoms with E-state index in [4.69, 9.17) is 23.2 Å². The van der Waals surface area contributed by atoms with E-state index in [2.05, 4.69) is 24.6 Å². The van der Waals surface area contributed by atoms with Crippen LogP contribution in [-0.4, -0.2) is 27.8 Å². The number of nitrogens with one attached hydrogen (secondary N) is 1. The first-order valence-electron chi connectivity index (χ1n) is 9.50. The monoisotopic (exact) mass is 471 g/mol. The van der Waals surface area contributed by atoms with Crippen LogP contribution in [0.1, 0.15) is 5.56 Å². The van der Waals surface area contributed by atoms with Crippen molar-refractivity contribution < 1.29 is 4.39 Å². The van der Waals surface area contributed by atoms with Gasteiger partial charge in [0.05, 0.1) is 16.2 Å². The Hall–Kier alpha value is -2.61. The minimum absolute atomic E-state index is 0.103. The number of aromatic nitrogens is 3. The summed E-state index contributed by atoms with van der Waals surface area (Å²) in [6.07, 6.45) is 5.94. The van der Waals surface area contributed by atoms with Crippen LogP contribution >= 0.6 is 35.1 Å². The van der Waals surface area contributed by atoms with Gasteiger partial charge in [-0.1, -0.05) is 41.2 Å². The first-order chi connectivity index (χ1) is 15.0. The molecule has 2 aromatic heterocycles. The maximum atomic E-state index is 13.9. The van der Waals surface area contributed by atoms with Crippen molar-refractivity contribution in [2.45, 2.75) is 6.42 Å². The molecule has 9 heteroatoms. The molecule has 0 aliphatic carbocycles. The highest BCUT2D eigenvalue weighted by Crippen LogP contribution is 2.40. The van der Waals surface area contributed by atoms with Crippen LogP contribution in [0.3, 0.4) is 0 Å². The molecule has 3 heterocycles. The van der Waals surface area contributed by atoms with Gasteiger partial charge in [0.1, 0.15) is 18.0 Å². The molecule has 0 unspecified atom stereocenters. The summed E-state index contributed by atoms with van der Waals surface area (Å²) in [6.45, 7) is 0.690. The molecule has 156 valence electrons. The lowest BCUT2D eigenvalue weighted by Gasteiger charge is -2.20. The van der Waals surface area contributed by atoms with Gasteiger partial charge in [-0.25, -0.2) is 19.3 Å². The number of nitrogens with zero attached hydrogens (tertiary/aromatic N) is 4. The van der Waals surface area contributed by atoms with Gasteiger partial charge in [-0.2, -0.15) is 0 Å². The van der Waals surface area contributed by atoms with Crippen LogP contribution in [-0.2, 0) is 6.42 Å². The Morgan fingerprint density at radius 2 is 1.94 bits per heavy atom. The number of rotatable bonds is 4. The summed E-state index contributed by atoms with van der Waals surface area (Å²) in [4.78, 5) is 15.3. The molecule has 5 rings (SSSR count). The van der Waals surface area contributed by atoms with Crippen molar-refractivity contribution in [2.24, 2.45) is 0 Å². The Morgan fingerprint density at radius 3 is 2.77 bits per heavy atom. The molecule has 31 heavy (non-hydrogen) atoms. The van der Waals surface area contributed by atoms with Crippen molar-refractivity contribution in [2.75, 3.05) is 22.4 Å². The zero-order valence-electron chi connectivity index (χ0n) is 16.4. The van der Waals surface area contributed by atoms with Gasteiger partial charge in [0.25, 0.3) is 0 Å². The summed E-state index contributed by atoms with van der Waals surface area (Å²) in [5, 5.41) is 1.41. The van der Waals surface area contributed by atoms with E-state index >= 15 is 0 Å². The van der Waals surface area contributed by atoms with Crippen molar-refractivity contribution >= 4 is 63.2 Å². The molecular weight excluding hydrogens is 456 g/mol. The number of anilines is 3. The van der Waals surface area contributed by atoms with E-state index in [-0.39, 0.29) is 5.02 Å². The molecule has 4 aromatic rings. The number of fused-ring (bicyclic) bond motifs is 2. The number of pyridine rings is 1. The zero-order chi connectivity index (χ0) is 21.5. The van der Waals surface area contributed by atoms with Crippen LogP contribution in [0.4, 0.5) is 21.6 Å². The minimum Gasteiger partial charge on any atom is -0.327 e. The molecule has 0 bridgehead atoms. The average molecular weight is 472 g/mol. The molecule has 0 saturated carbocycles. The van der Waals surface area contributed by atoms with Gasteiger partial charge in [-0.3, -0.25) is 0 Å². The summed E-state index contributed by atoms with van der Waals surface area (Å²) in [5.41, 5.74) is 5.25. The van der Waals surface area contributed by atoms with Crippen LogP contribution in [0.15, 0.2) is 48.9 Å². The second-order valence-electron chi connectivity index (χ2n) is 7.09. The third kappa shape index (κ3) is 3.67. The topological polar surface area (TPSA) is 53.9 Å². The Balaban J connectivity index is 1.63. The van der Waals surface area contributed by atoms with Gasteiger partial charge in [-0.15, -0.1) is 0 Å². The first-order valence-corrected chi connectivity index (χ1v) is 11.5. The summed E-state index contributed by atoms with van der Waals surface area (Å²) < 4.78 is 17.1. The average Bonchev–Trinajstić information content (AvgIpc) is 3.17. The van der Waals surface area contributed by atoms with Gasteiger partial charge in [0.2, 0.25) is 0 Å². The van der Waals surface area contributed by atoms with Gasteiger partial charge < -0.3 is 9.62 Å². The van der Waals surface area contributed by atoms with Gasteiger partial charge in [-0.05, 0) is 47.9 Å². The Labute approximate surface area is 192 Å². The van der Waals surface area contributed by atoms with Crippen molar-refractivity contribution in [3.63, 3.8) is 0 Å². The fourth-order valence-electron chi connectivity index (χ4n) is 3.83. The second kappa shape index (κ2) is 8.15.